The number of tetrazole rings is 1. The molecular weight excluding hydrogens is 634 g/mol. The van der Waals surface area contributed by atoms with Crippen molar-refractivity contribution in [3.63, 3.8) is 0 Å². The number of hydrogen-bond donors (Lipinski definition) is 4. The van der Waals surface area contributed by atoms with Gasteiger partial charge in [0.05, 0.1) is 18.0 Å². The Morgan fingerprint density at radius 1 is 0.980 bits per heavy atom. The van der Waals surface area contributed by atoms with Crippen LogP contribution in [0.15, 0.2) is 36.4 Å². The molecule has 2 aliphatic rings. The maximum atomic E-state index is 13.3. The van der Waals surface area contributed by atoms with Crippen LogP contribution in [0.1, 0.15) is 75.0 Å². The van der Waals surface area contributed by atoms with Crippen LogP contribution < -0.4 is 16.0 Å². The van der Waals surface area contributed by atoms with Crippen molar-refractivity contribution in [2.45, 2.75) is 56.5 Å². The second-order valence-corrected chi connectivity index (χ2v) is 13.9. The van der Waals surface area contributed by atoms with Crippen molar-refractivity contribution in [1.82, 2.24) is 51.3 Å². The Hall–Kier alpha value is -4.71. The zero-order valence-electron chi connectivity index (χ0n) is 29.8. The minimum Gasteiger partial charge on any atom is -0.351 e. The topological polar surface area (TPSA) is 175 Å². The molecule has 5 rings (SSSR count). The monoisotopic (exact) mass is 683 g/mol. The van der Waals surface area contributed by atoms with E-state index in [9.17, 15) is 19.6 Å². The Balaban J connectivity index is 1.53. The van der Waals surface area contributed by atoms with Gasteiger partial charge in [-0.2, -0.15) is 10.5 Å². The normalized spacial score (nSPS) is 17.1. The predicted octanol–water partition coefficient (Wildman–Crippen LogP) is 1.10. The molecule has 0 unspecified atom stereocenters. The summed E-state index contributed by atoms with van der Waals surface area (Å²) in [6.45, 7) is 5.17. The van der Waals surface area contributed by atoms with E-state index in [0.29, 0.717) is 62.3 Å². The summed E-state index contributed by atoms with van der Waals surface area (Å²) in [6.07, 6.45) is 3.20. The summed E-state index contributed by atoms with van der Waals surface area (Å²) in [4.78, 5) is 45.4. The largest absolute Gasteiger partial charge is 0.351 e. The summed E-state index contributed by atoms with van der Waals surface area (Å²) in [5, 5.41) is 34.7. The number of carbonyl (C=O) groups excluding carboxylic acids is 3. The molecule has 14 nitrogen and oxygen atoms in total. The number of nitriles is 1. The van der Waals surface area contributed by atoms with Crippen molar-refractivity contribution in [3.05, 3.63) is 75.6 Å². The zero-order chi connectivity index (χ0) is 35.8. The number of hydrogen-bond acceptors (Lipinski definition) is 10. The molecule has 0 saturated carbocycles. The Labute approximate surface area is 294 Å². The van der Waals surface area contributed by atoms with Crippen molar-refractivity contribution in [2.24, 2.45) is 0 Å². The van der Waals surface area contributed by atoms with Gasteiger partial charge in [0.2, 0.25) is 5.91 Å². The van der Waals surface area contributed by atoms with Crippen LogP contribution >= 0.6 is 0 Å². The van der Waals surface area contributed by atoms with Gasteiger partial charge in [0.15, 0.2) is 5.82 Å². The van der Waals surface area contributed by atoms with Crippen LogP contribution in [0.5, 0.6) is 0 Å². The quantitative estimate of drug-likeness (QED) is 0.193. The molecule has 1 saturated heterocycles. The molecule has 0 spiro atoms. The van der Waals surface area contributed by atoms with Gasteiger partial charge in [-0.3, -0.25) is 14.4 Å². The van der Waals surface area contributed by atoms with E-state index in [1.807, 2.05) is 81.3 Å². The molecular formula is C36H49N11O3. The van der Waals surface area contributed by atoms with Gasteiger partial charge in [-0.25, -0.2) is 0 Å². The van der Waals surface area contributed by atoms with Crippen LogP contribution in [0.4, 0.5) is 0 Å². The van der Waals surface area contributed by atoms with E-state index in [-0.39, 0.29) is 30.3 Å². The molecule has 4 N–H and O–H groups in total. The lowest BCUT2D eigenvalue weighted by molar-refractivity contribution is -0.130. The second-order valence-electron chi connectivity index (χ2n) is 13.9. The maximum Gasteiger partial charge on any atom is 0.251 e. The SMILES string of the molecule is C[C@H](CC1(c2nn[nH]n2)c2ccc(C(=O)NCCN(C)C)cc2CCc2cc(C(=O)NCCN(C)C)ccc21)NCC(=O)N1CCC[C@H]1C#N. The molecule has 1 aliphatic carbocycles. The van der Waals surface area contributed by atoms with Gasteiger partial charge in [-0.05, 0) is 114 Å². The summed E-state index contributed by atoms with van der Waals surface area (Å²) in [5.74, 6) is 0.0529. The van der Waals surface area contributed by atoms with Crippen molar-refractivity contribution in [1.29, 1.82) is 5.26 Å². The number of likely N-dealkylation sites (N-methyl/N-ethyl adjacent to an activating group) is 2. The number of rotatable bonds is 14. The van der Waals surface area contributed by atoms with Gasteiger partial charge in [0.1, 0.15) is 6.04 Å². The Morgan fingerprint density at radius 2 is 1.56 bits per heavy atom. The van der Waals surface area contributed by atoms with Crippen molar-refractivity contribution in [2.75, 3.05) is 67.5 Å². The Morgan fingerprint density at radius 3 is 2.06 bits per heavy atom. The molecule has 3 amide bonds. The first kappa shape index (κ1) is 36.6. The average molecular weight is 684 g/mol. The average Bonchev–Trinajstić information content (AvgIpc) is 3.79. The van der Waals surface area contributed by atoms with Crippen LogP contribution in [-0.2, 0) is 23.1 Å². The predicted molar refractivity (Wildman–Crippen MR) is 189 cm³/mol. The number of aromatic nitrogens is 4. The van der Waals surface area contributed by atoms with Gasteiger partial charge in [-0.1, -0.05) is 17.3 Å². The lowest BCUT2D eigenvalue weighted by Crippen LogP contribution is -2.45. The summed E-state index contributed by atoms with van der Waals surface area (Å²) in [7, 11) is 7.85. The van der Waals surface area contributed by atoms with Crippen LogP contribution in [0, 0.1) is 11.3 Å². The standard InChI is InChI=1S/C36H49N11O3/c1-24(40-23-32(48)47-16-6-7-29(47)22-37)21-36(35-41-43-44-42-35)30-12-10-27(33(49)38-14-17-45(2)3)19-25(30)8-9-26-20-28(11-13-31(26)36)34(50)39-15-18-46(4)5/h10-13,19-20,24,29,40H,6-9,14-18,21,23H2,1-5H3,(H,38,49)(H,39,50)(H,41,42,43,44)/t24-,29+/m1/s1. The molecule has 266 valence electrons. The fraction of sp³-hybridized carbons (Fsp3) is 0.528. The first-order valence-electron chi connectivity index (χ1n) is 17.3. The highest BCUT2D eigenvalue weighted by Crippen LogP contribution is 2.47. The van der Waals surface area contributed by atoms with E-state index < -0.39 is 11.5 Å². The molecule has 2 heterocycles. The van der Waals surface area contributed by atoms with E-state index in [2.05, 4.69) is 42.6 Å². The van der Waals surface area contributed by atoms with Crippen molar-refractivity contribution >= 4 is 17.7 Å². The third-order valence-corrected chi connectivity index (χ3v) is 9.67. The fourth-order valence-corrected chi connectivity index (χ4v) is 7.11. The number of aryl methyl sites for hydroxylation is 2. The number of nitrogens with zero attached hydrogens (tertiary/aromatic N) is 7. The Kier molecular flexibility index (Phi) is 11.9. The maximum absolute atomic E-state index is 13.3. The summed E-state index contributed by atoms with van der Waals surface area (Å²) >= 11 is 0. The molecule has 2 atom stereocenters. The van der Waals surface area contributed by atoms with Crippen molar-refractivity contribution < 1.29 is 14.4 Å². The minimum absolute atomic E-state index is 0.0828. The van der Waals surface area contributed by atoms with Gasteiger partial charge in [0, 0.05) is 49.9 Å². The number of carbonyl (C=O) groups is 3. The molecule has 1 fully saturated rings. The Bertz CT molecular complexity index is 1620. The number of aromatic amines is 1. The highest BCUT2D eigenvalue weighted by molar-refractivity contribution is 5.95. The highest BCUT2D eigenvalue weighted by atomic mass is 16.2. The number of H-pyrrole nitrogens is 1. The lowest BCUT2D eigenvalue weighted by Gasteiger charge is -2.36. The van der Waals surface area contributed by atoms with E-state index in [1.54, 1.807) is 4.90 Å². The van der Waals surface area contributed by atoms with E-state index in [0.717, 1.165) is 41.8 Å². The minimum atomic E-state index is -0.938. The molecule has 1 aliphatic heterocycles. The molecule has 0 radical (unpaired) electrons. The van der Waals surface area contributed by atoms with E-state index >= 15 is 0 Å². The molecule has 3 aromatic rings. The van der Waals surface area contributed by atoms with Crippen molar-refractivity contribution in [3.8, 4) is 6.07 Å². The molecule has 50 heavy (non-hydrogen) atoms. The third kappa shape index (κ3) is 8.18. The molecule has 1 aromatic heterocycles. The number of likely N-dealkylation sites (tertiary alicyclic amines) is 1. The number of amides is 3. The van der Waals surface area contributed by atoms with Gasteiger partial charge < -0.3 is 30.7 Å². The zero-order valence-corrected chi connectivity index (χ0v) is 29.8. The number of benzene rings is 2. The van der Waals surface area contributed by atoms with Crippen LogP contribution in [0.2, 0.25) is 0 Å². The molecule has 2 aromatic carbocycles. The third-order valence-electron chi connectivity index (χ3n) is 9.67. The summed E-state index contributed by atoms with van der Waals surface area (Å²) in [6, 6.07) is 13.2. The summed E-state index contributed by atoms with van der Waals surface area (Å²) in [5.41, 5.74) is 4.01. The van der Waals surface area contributed by atoms with E-state index in [4.69, 9.17) is 0 Å². The fourth-order valence-electron chi connectivity index (χ4n) is 7.11. The van der Waals surface area contributed by atoms with Gasteiger partial charge in [0.25, 0.3) is 11.8 Å². The smallest absolute Gasteiger partial charge is 0.251 e. The van der Waals surface area contributed by atoms with Crippen LogP contribution in [0.25, 0.3) is 0 Å². The number of nitrogens with one attached hydrogen (secondary N) is 4. The first-order chi connectivity index (χ1) is 24.0. The first-order valence-corrected chi connectivity index (χ1v) is 17.3. The van der Waals surface area contributed by atoms with Gasteiger partial charge >= 0.3 is 0 Å². The van der Waals surface area contributed by atoms with Crippen LogP contribution in [-0.4, -0.2) is 133 Å². The summed E-state index contributed by atoms with van der Waals surface area (Å²) < 4.78 is 0. The molecule has 0 bridgehead atoms. The van der Waals surface area contributed by atoms with Gasteiger partial charge in [-0.15, -0.1) is 10.2 Å². The molecule has 14 heteroatoms. The number of fused-ring (bicyclic) bond motifs is 2. The lowest BCUT2D eigenvalue weighted by atomic mass is 9.67. The van der Waals surface area contributed by atoms with E-state index in [1.165, 1.54) is 0 Å². The van der Waals surface area contributed by atoms with Crippen LogP contribution in [0.3, 0.4) is 0 Å². The second kappa shape index (κ2) is 16.3. The highest BCUT2D eigenvalue weighted by Gasteiger charge is 2.46.